The maximum Gasteiger partial charge on any atom is 0.231 e. The summed E-state index contributed by atoms with van der Waals surface area (Å²) in [5, 5.41) is 0. The summed E-state index contributed by atoms with van der Waals surface area (Å²) < 4.78 is 17.3. The van der Waals surface area contributed by atoms with Gasteiger partial charge in [0.2, 0.25) is 12.7 Å². The minimum absolute atomic E-state index is 0.0490. The molecule has 5 nitrogen and oxygen atoms in total. The molecule has 5 heteroatoms. The van der Waals surface area contributed by atoms with Crippen LogP contribution in [0.1, 0.15) is 28.2 Å². The van der Waals surface area contributed by atoms with Gasteiger partial charge in [-0.3, -0.25) is 4.79 Å². The SMILES string of the molecule is O=C(Cc1ccccc1)N1Cc2ccccc2C2c3cc4c(cc3OCC21)OCO4. The third-order valence-electron chi connectivity index (χ3n) is 6.28. The van der Waals surface area contributed by atoms with E-state index in [0.29, 0.717) is 25.3 Å². The summed E-state index contributed by atoms with van der Waals surface area (Å²) in [5.74, 6) is 2.44. The molecule has 0 saturated carbocycles. The van der Waals surface area contributed by atoms with Crippen molar-refractivity contribution in [2.24, 2.45) is 0 Å². The highest BCUT2D eigenvalue weighted by Gasteiger charge is 2.43. The first kappa shape index (κ1) is 17.4. The van der Waals surface area contributed by atoms with Gasteiger partial charge in [0, 0.05) is 24.1 Å². The van der Waals surface area contributed by atoms with Crippen LogP contribution in [0.15, 0.2) is 66.7 Å². The Kier molecular flexibility index (Phi) is 3.94. The van der Waals surface area contributed by atoms with Crippen molar-refractivity contribution in [1.29, 1.82) is 0 Å². The van der Waals surface area contributed by atoms with Crippen molar-refractivity contribution in [1.82, 2.24) is 4.90 Å². The maximum absolute atomic E-state index is 13.4. The summed E-state index contributed by atoms with van der Waals surface area (Å²) in [5.41, 5.74) is 4.53. The average Bonchev–Trinajstić information content (AvgIpc) is 3.24. The molecular formula is C25H21NO4. The highest BCUT2D eigenvalue weighted by atomic mass is 16.7. The van der Waals surface area contributed by atoms with E-state index in [1.807, 2.05) is 53.4 Å². The summed E-state index contributed by atoms with van der Waals surface area (Å²) >= 11 is 0. The summed E-state index contributed by atoms with van der Waals surface area (Å²) in [6.07, 6.45) is 0.389. The molecular weight excluding hydrogens is 378 g/mol. The second kappa shape index (κ2) is 6.80. The monoisotopic (exact) mass is 399 g/mol. The molecule has 0 aliphatic carbocycles. The Morgan fingerprint density at radius 3 is 2.50 bits per heavy atom. The highest BCUT2D eigenvalue weighted by molar-refractivity contribution is 5.80. The van der Waals surface area contributed by atoms with Gasteiger partial charge in [-0.15, -0.1) is 0 Å². The average molecular weight is 399 g/mol. The van der Waals surface area contributed by atoms with Crippen molar-refractivity contribution in [3.05, 3.63) is 89.0 Å². The Morgan fingerprint density at radius 1 is 0.867 bits per heavy atom. The fourth-order valence-electron chi connectivity index (χ4n) is 4.86. The first-order valence-electron chi connectivity index (χ1n) is 10.3. The Bertz CT molecular complexity index is 1130. The molecule has 0 N–H and O–H groups in total. The Morgan fingerprint density at radius 2 is 1.63 bits per heavy atom. The van der Waals surface area contributed by atoms with Crippen LogP contribution in [0, 0.1) is 0 Å². The zero-order valence-electron chi connectivity index (χ0n) is 16.4. The number of nitrogens with zero attached hydrogens (tertiary/aromatic N) is 1. The van der Waals surface area contributed by atoms with Gasteiger partial charge in [0.05, 0.1) is 12.5 Å². The topological polar surface area (TPSA) is 48.0 Å². The van der Waals surface area contributed by atoms with Crippen LogP contribution in [0.25, 0.3) is 0 Å². The molecule has 1 amide bonds. The van der Waals surface area contributed by atoms with Crippen LogP contribution >= 0.6 is 0 Å². The number of benzene rings is 3. The van der Waals surface area contributed by atoms with E-state index < -0.39 is 0 Å². The van der Waals surface area contributed by atoms with E-state index in [9.17, 15) is 4.79 Å². The van der Waals surface area contributed by atoms with Crippen LogP contribution in [-0.4, -0.2) is 30.2 Å². The molecule has 0 spiro atoms. The summed E-state index contributed by atoms with van der Waals surface area (Å²) in [4.78, 5) is 15.4. The second-order valence-corrected chi connectivity index (χ2v) is 7.98. The maximum atomic E-state index is 13.4. The minimum Gasteiger partial charge on any atom is -0.491 e. The van der Waals surface area contributed by atoms with Crippen molar-refractivity contribution in [3.8, 4) is 17.2 Å². The van der Waals surface area contributed by atoms with Crippen LogP contribution in [-0.2, 0) is 17.8 Å². The zero-order valence-corrected chi connectivity index (χ0v) is 16.4. The first-order valence-corrected chi connectivity index (χ1v) is 10.3. The smallest absolute Gasteiger partial charge is 0.231 e. The number of hydrogen-bond acceptors (Lipinski definition) is 4. The Hall–Kier alpha value is -3.47. The molecule has 0 aromatic heterocycles. The zero-order chi connectivity index (χ0) is 20.1. The first-order chi connectivity index (χ1) is 14.8. The van der Waals surface area contributed by atoms with Gasteiger partial charge in [0.1, 0.15) is 12.4 Å². The van der Waals surface area contributed by atoms with Gasteiger partial charge in [0.15, 0.2) is 11.5 Å². The van der Waals surface area contributed by atoms with Crippen LogP contribution in [0.2, 0.25) is 0 Å². The van der Waals surface area contributed by atoms with Gasteiger partial charge >= 0.3 is 0 Å². The molecule has 3 aliphatic rings. The third-order valence-corrected chi connectivity index (χ3v) is 6.28. The lowest BCUT2D eigenvalue weighted by molar-refractivity contribution is -0.135. The van der Waals surface area contributed by atoms with Crippen LogP contribution in [0.3, 0.4) is 0 Å². The van der Waals surface area contributed by atoms with E-state index >= 15 is 0 Å². The fraction of sp³-hybridized carbons (Fsp3) is 0.240. The normalized spacial score (nSPS) is 20.6. The molecule has 0 fully saturated rings. The van der Waals surface area contributed by atoms with Crippen molar-refractivity contribution in [2.45, 2.75) is 24.9 Å². The molecule has 3 aromatic rings. The molecule has 0 radical (unpaired) electrons. The minimum atomic E-state index is -0.0519. The molecule has 3 heterocycles. The lowest BCUT2D eigenvalue weighted by Crippen LogP contribution is -2.52. The molecule has 2 atom stereocenters. The number of fused-ring (bicyclic) bond motifs is 6. The second-order valence-electron chi connectivity index (χ2n) is 7.98. The molecule has 30 heavy (non-hydrogen) atoms. The number of carbonyl (C=O) groups excluding carboxylic acids is 1. The van der Waals surface area contributed by atoms with E-state index in [4.69, 9.17) is 14.2 Å². The Labute approximate surface area is 174 Å². The van der Waals surface area contributed by atoms with E-state index in [2.05, 4.69) is 18.2 Å². The molecule has 0 saturated heterocycles. The van der Waals surface area contributed by atoms with Gasteiger partial charge in [-0.2, -0.15) is 0 Å². The molecule has 0 bridgehead atoms. The molecule has 3 aliphatic heterocycles. The van der Waals surface area contributed by atoms with Crippen molar-refractivity contribution >= 4 is 5.91 Å². The fourth-order valence-corrected chi connectivity index (χ4v) is 4.86. The van der Waals surface area contributed by atoms with Crippen molar-refractivity contribution in [2.75, 3.05) is 13.4 Å². The molecule has 150 valence electrons. The number of rotatable bonds is 2. The summed E-state index contributed by atoms with van der Waals surface area (Å²) in [6.45, 7) is 1.29. The van der Waals surface area contributed by atoms with Crippen molar-refractivity contribution in [3.63, 3.8) is 0 Å². The molecule has 2 unspecified atom stereocenters. The largest absolute Gasteiger partial charge is 0.491 e. The summed E-state index contributed by atoms with van der Waals surface area (Å²) in [6, 6.07) is 22.2. The van der Waals surface area contributed by atoms with Gasteiger partial charge in [0.25, 0.3) is 0 Å². The van der Waals surface area contributed by atoms with Crippen LogP contribution < -0.4 is 14.2 Å². The molecule has 6 rings (SSSR count). The predicted octanol–water partition coefficient (Wildman–Crippen LogP) is 3.89. The number of carbonyl (C=O) groups is 1. The van der Waals surface area contributed by atoms with Gasteiger partial charge < -0.3 is 19.1 Å². The van der Waals surface area contributed by atoms with Crippen LogP contribution in [0.5, 0.6) is 17.2 Å². The number of ether oxygens (including phenoxy) is 3. The summed E-state index contributed by atoms with van der Waals surface area (Å²) in [7, 11) is 0. The van der Waals surface area contributed by atoms with E-state index in [1.165, 1.54) is 11.1 Å². The van der Waals surface area contributed by atoms with Crippen molar-refractivity contribution < 1.29 is 19.0 Å². The standard InChI is InChI=1S/C25H21NO4/c27-24(10-16-6-2-1-3-7-16)26-13-17-8-4-5-9-18(17)25-19-11-22-23(30-15-29-22)12-21(19)28-14-20(25)26/h1-9,11-12,20,25H,10,13-15H2. The van der Waals surface area contributed by atoms with Gasteiger partial charge in [-0.1, -0.05) is 54.6 Å². The molecule has 3 aromatic carbocycles. The predicted molar refractivity (Wildman–Crippen MR) is 111 cm³/mol. The van der Waals surface area contributed by atoms with E-state index in [-0.39, 0.29) is 24.7 Å². The quantitative estimate of drug-likeness (QED) is 0.656. The lowest BCUT2D eigenvalue weighted by atomic mass is 9.77. The van der Waals surface area contributed by atoms with E-state index in [0.717, 1.165) is 22.6 Å². The number of amides is 1. The van der Waals surface area contributed by atoms with Gasteiger partial charge in [-0.25, -0.2) is 0 Å². The highest BCUT2D eigenvalue weighted by Crippen LogP contribution is 2.49. The lowest BCUT2D eigenvalue weighted by Gasteiger charge is -2.45. The van der Waals surface area contributed by atoms with Crippen LogP contribution in [0.4, 0.5) is 0 Å². The van der Waals surface area contributed by atoms with E-state index in [1.54, 1.807) is 0 Å². The number of hydrogen-bond donors (Lipinski definition) is 0. The third kappa shape index (κ3) is 2.73. The Balaban J connectivity index is 1.42. The van der Waals surface area contributed by atoms with Gasteiger partial charge in [-0.05, 0) is 22.8 Å².